The van der Waals surface area contributed by atoms with E-state index in [4.69, 9.17) is 18.9 Å². The Balaban J connectivity index is 1.43. The van der Waals surface area contributed by atoms with Gasteiger partial charge in [0, 0.05) is 11.3 Å². The van der Waals surface area contributed by atoms with Crippen LogP contribution < -0.4 is 14.4 Å². The van der Waals surface area contributed by atoms with Gasteiger partial charge in [-0.05, 0) is 73.7 Å². The van der Waals surface area contributed by atoms with Crippen LogP contribution in [0, 0.1) is 0 Å². The minimum absolute atomic E-state index is 0.0332. The first kappa shape index (κ1) is 23.2. The predicted molar refractivity (Wildman–Crippen MR) is 134 cm³/mol. The number of aromatic nitrogens is 1. The van der Waals surface area contributed by atoms with Crippen molar-refractivity contribution in [2.24, 2.45) is 0 Å². The Hall–Kier alpha value is -2.97. The van der Waals surface area contributed by atoms with Gasteiger partial charge in [-0.25, -0.2) is 4.98 Å². The zero-order chi connectivity index (χ0) is 23.0. The number of benzene rings is 2. The standard InChI is InChI=1S/C25H26N2O4S2/c1-3-30-19-10-13-22-23(16-19)33-25(26-22)27(17-20-6-4-14-31-20)24(28)7-5-15-32-21-11-8-18(29-2)9-12-21/h4,6,8-14,16H,3,5,7,15,17H2,1-2H3. The van der Waals surface area contributed by atoms with E-state index in [0.717, 1.165) is 44.5 Å². The molecule has 0 aliphatic rings. The molecule has 0 saturated heterocycles. The maximum Gasteiger partial charge on any atom is 0.229 e. The number of carbonyl (C=O) groups excluding carboxylic acids is 1. The second-order valence-electron chi connectivity index (χ2n) is 7.25. The van der Waals surface area contributed by atoms with Crippen LogP contribution in [-0.4, -0.2) is 30.4 Å². The topological polar surface area (TPSA) is 64.8 Å². The Bertz CT molecular complexity index is 1170. The first-order chi connectivity index (χ1) is 16.2. The number of anilines is 1. The summed E-state index contributed by atoms with van der Waals surface area (Å²) in [4.78, 5) is 20.8. The Labute approximate surface area is 201 Å². The van der Waals surface area contributed by atoms with Crippen LogP contribution in [0.3, 0.4) is 0 Å². The van der Waals surface area contributed by atoms with Crippen LogP contribution in [0.25, 0.3) is 10.2 Å². The first-order valence-electron chi connectivity index (χ1n) is 10.8. The number of furan rings is 1. The third-order valence-corrected chi connectivity index (χ3v) is 7.09. The fourth-order valence-electron chi connectivity index (χ4n) is 3.31. The molecule has 4 aromatic rings. The maximum absolute atomic E-state index is 13.2. The van der Waals surface area contributed by atoms with Crippen molar-refractivity contribution in [1.82, 2.24) is 4.98 Å². The molecule has 8 heteroatoms. The predicted octanol–water partition coefficient (Wildman–Crippen LogP) is 6.40. The molecule has 2 aromatic carbocycles. The van der Waals surface area contributed by atoms with Gasteiger partial charge in [0.2, 0.25) is 5.91 Å². The van der Waals surface area contributed by atoms with E-state index in [1.807, 2.05) is 61.5 Å². The molecule has 0 unspecified atom stereocenters. The maximum atomic E-state index is 13.2. The molecular formula is C25H26N2O4S2. The second kappa shape index (κ2) is 11.2. The summed E-state index contributed by atoms with van der Waals surface area (Å²) >= 11 is 3.22. The van der Waals surface area contributed by atoms with E-state index in [1.165, 1.54) is 11.3 Å². The molecular weight excluding hydrogens is 456 g/mol. The number of nitrogens with zero attached hydrogens (tertiary/aromatic N) is 2. The molecule has 33 heavy (non-hydrogen) atoms. The lowest BCUT2D eigenvalue weighted by Crippen LogP contribution is -2.30. The number of hydrogen-bond donors (Lipinski definition) is 0. The van der Waals surface area contributed by atoms with Crippen molar-refractivity contribution in [3.8, 4) is 11.5 Å². The molecule has 0 aliphatic carbocycles. The largest absolute Gasteiger partial charge is 0.497 e. The molecule has 0 saturated carbocycles. The van der Waals surface area contributed by atoms with Crippen molar-refractivity contribution in [2.75, 3.05) is 24.4 Å². The molecule has 0 bridgehead atoms. The molecule has 2 heterocycles. The van der Waals surface area contributed by atoms with E-state index in [-0.39, 0.29) is 5.91 Å². The zero-order valence-corrected chi connectivity index (χ0v) is 20.3. The molecule has 2 aromatic heterocycles. The lowest BCUT2D eigenvalue weighted by molar-refractivity contribution is -0.118. The van der Waals surface area contributed by atoms with Crippen LogP contribution in [0.15, 0.2) is 70.2 Å². The van der Waals surface area contributed by atoms with Crippen molar-refractivity contribution >= 4 is 44.4 Å². The Morgan fingerprint density at radius 2 is 1.97 bits per heavy atom. The molecule has 1 amide bonds. The van der Waals surface area contributed by atoms with Crippen LogP contribution in [0.5, 0.6) is 11.5 Å². The highest BCUT2D eigenvalue weighted by molar-refractivity contribution is 7.99. The van der Waals surface area contributed by atoms with Crippen LogP contribution >= 0.6 is 23.1 Å². The van der Waals surface area contributed by atoms with Gasteiger partial charge in [-0.1, -0.05) is 11.3 Å². The van der Waals surface area contributed by atoms with Gasteiger partial charge in [-0.2, -0.15) is 0 Å². The summed E-state index contributed by atoms with van der Waals surface area (Å²) in [6.45, 7) is 2.92. The smallest absolute Gasteiger partial charge is 0.229 e. The van der Waals surface area contributed by atoms with Crippen molar-refractivity contribution < 1.29 is 18.7 Å². The number of carbonyl (C=O) groups is 1. The Morgan fingerprint density at radius 3 is 2.70 bits per heavy atom. The minimum atomic E-state index is 0.0332. The van der Waals surface area contributed by atoms with Gasteiger partial charge in [-0.3, -0.25) is 9.69 Å². The highest BCUT2D eigenvalue weighted by Gasteiger charge is 2.21. The molecule has 0 atom stereocenters. The number of rotatable bonds is 11. The lowest BCUT2D eigenvalue weighted by atomic mass is 10.3. The summed E-state index contributed by atoms with van der Waals surface area (Å²) in [7, 11) is 1.66. The van der Waals surface area contributed by atoms with E-state index in [0.29, 0.717) is 24.7 Å². The molecule has 0 N–H and O–H groups in total. The number of thiazole rings is 1. The van der Waals surface area contributed by atoms with Crippen molar-refractivity contribution in [3.05, 3.63) is 66.6 Å². The number of hydrogen-bond acceptors (Lipinski definition) is 7. The molecule has 4 rings (SSSR count). The summed E-state index contributed by atoms with van der Waals surface area (Å²) in [5.41, 5.74) is 0.853. The van der Waals surface area contributed by atoms with Gasteiger partial charge >= 0.3 is 0 Å². The van der Waals surface area contributed by atoms with E-state index >= 15 is 0 Å². The molecule has 0 aliphatic heterocycles. The summed E-state index contributed by atoms with van der Waals surface area (Å²) < 4.78 is 17.3. The molecule has 172 valence electrons. The average molecular weight is 483 g/mol. The molecule has 6 nitrogen and oxygen atoms in total. The van der Waals surface area contributed by atoms with Gasteiger partial charge in [-0.15, -0.1) is 11.8 Å². The molecule has 0 radical (unpaired) electrons. The highest BCUT2D eigenvalue weighted by atomic mass is 32.2. The van der Waals surface area contributed by atoms with E-state index in [1.54, 1.807) is 30.0 Å². The van der Waals surface area contributed by atoms with Crippen LogP contribution in [0.2, 0.25) is 0 Å². The first-order valence-corrected chi connectivity index (χ1v) is 12.6. The number of methoxy groups -OCH3 is 1. The van der Waals surface area contributed by atoms with Gasteiger partial charge in [0.05, 0.1) is 36.7 Å². The monoisotopic (exact) mass is 482 g/mol. The minimum Gasteiger partial charge on any atom is -0.497 e. The van der Waals surface area contributed by atoms with Crippen LogP contribution in [0.1, 0.15) is 25.5 Å². The van der Waals surface area contributed by atoms with E-state index in [2.05, 4.69) is 0 Å². The average Bonchev–Trinajstić information content (AvgIpc) is 3.50. The molecule has 0 fully saturated rings. The Kier molecular flexibility index (Phi) is 7.91. The van der Waals surface area contributed by atoms with Crippen molar-refractivity contribution in [2.45, 2.75) is 31.2 Å². The fourth-order valence-corrected chi connectivity index (χ4v) is 5.17. The summed E-state index contributed by atoms with van der Waals surface area (Å²) in [5, 5.41) is 0.669. The molecule has 0 spiro atoms. The van der Waals surface area contributed by atoms with Crippen molar-refractivity contribution in [1.29, 1.82) is 0 Å². The van der Waals surface area contributed by atoms with Gasteiger partial charge in [0.25, 0.3) is 0 Å². The number of amides is 1. The van der Waals surface area contributed by atoms with Gasteiger partial charge < -0.3 is 13.9 Å². The highest BCUT2D eigenvalue weighted by Crippen LogP contribution is 2.33. The van der Waals surface area contributed by atoms with Gasteiger partial charge in [0.1, 0.15) is 17.3 Å². The van der Waals surface area contributed by atoms with Crippen LogP contribution in [0.4, 0.5) is 5.13 Å². The zero-order valence-electron chi connectivity index (χ0n) is 18.7. The van der Waals surface area contributed by atoms with E-state index in [9.17, 15) is 4.79 Å². The number of thioether (sulfide) groups is 1. The normalized spacial score (nSPS) is 11.0. The lowest BCUT2D eigenvalue weighted by Gasteiger charge is -2.18. The van der Waals surface area contributed by atoms with Crippen molar-refractivity contribution in [3.63, 3.8) is 0 Å². The number of ether oxygens (including phenoxy) is 2. The summed E-state index contributed by atoms with van der Waals surface area (Å²) in [6.07, 6.45) is 2.82. The third-order valence-electron chi connectivity index (χ3n) is 4.95. The summed E-state index contributed by atoms with van der Waals surface area (Å²) in [6, 6.07) is 17.5. The number of fused-ring (bicyclic) bond motifs is 1. The quantitative estimate of drug-likeness (QED) is 0.182. The van der Waals surface area contributed by atoms with Crippen LogP contribution in [-0.2, 0) is 11.3 Å². The SMILES string of the molecule is CCOc1ccc2nc(N(Cc3ccco3)C(=O)CCCSc3ccc(OC)cc3)sc2c1. The second-order valence-corrected chi connectivity index (χ2v) is 9.42. The Morgan fingerprint density at radius 1 is 1.15 bits per heavy atom. The fraction of sp³-hybridized carbons (Fsp3) is 0.280. The van der Waals surface area contributed by atoms with E-state index < -0.39 is 0 Å². The summed E-state index contributed by atoms with van der Waals surface area (Å²) in [5.74, 6) is 3.26. The van der Waals surface area contributed by atoms with Gasteiger partial charge in [0.15, 0.2) is 5.13 Å². The third kappa shape index (κ3) is 6.09.